The van der Waals surface area contributed by atoms with E-state index in [4.69, 9.17) is 9.47 Å². The molecule has 102 valence electrons. The lowest BCUT2D eigenvalue weighted by Crippen LogP contribution is -2.36. The molecule has 0 amide bonds. The number of aliphatic hydroxyl groups is 1. The zero-order valence-corrected chi connectivity index (χ0v) is 11.1. The summed E-state index contributed by atoms with van der Waals surface area (Å²) in [5.41, 5.74) is 0. The first-order valence-electron chi connectivity index (χ1n) is 6.27. The van der Waals surface area contributed by atoms with Crippen LogP contribution in [0.15, 0.2) is 0 Å². The molecule has 0 spiro atoms. The minimum atomic E-state index is -0.671. The Balaban J connectivity index is 3.80. The molecule has 0 fully saturated rings. The molecule has 0 rings (SSSR count). The molecule has 5 heteroatoms. The van der Waals surface area contributed by atoms with Gasteiger partial charge in [-0.2, -0.15) is 0 Å². The second kappa shape index (κ2) is 10.5. The SMILES string of the molecule is CCOCCN(CC)CC(O)CC(=O)OCC. The Morgan fingerprint density at radius 3 is 2.53 bits per heavy atom. The van der Waals surface area contributed by atoms with E-state index in [1.165, 1.54) is 0 Å². The van der Waals surface area contributed by atoms with E-state index in [-0.39, 0.29) is 12.4 Å². The lowest BCUT2D eigenvalue weighted by Gasteiger charge is -2.22. The summed E-state index contributed by atoms with van der Waals surface area (Å²) in [6.45, 7) is 9.49. The highest BCUT2D eigenvalue weighted by atomic mass is 16.5. The molecule has 0 radical (unpaired) electrons. The van der Waals surface area contributed by atoms with Crippen molar-refractivity contribution in [2.45, 2.75) is 33.3 Å². The van der Waals surface area contributed by atoms with E-state index in [2.05, 4.69) is 4.90 Å². The van der Waals surface area contributed by atoms with E-state index in [1.807, 2.05) is 13.8 Å². The van der Waals surface area contributed by atoms with Gasteiger partial charge in [0.2, 0.25) is 0 Å². The van der Waals surface area contributed by atoms with Gasteiger partial charge in [0.15, 0.2) is 0 Å². The summed E-state index contributed by atoms with van der Waals surface area (Å²) in [7, 11) is 0. The Morgan fingerprint density at radius 2 is 2.00 bits per heavy atom. The quantitative estimate of drug-likeness (QED) is 0.454. The van der Waals surface area contributed by atoms with Crippen LogP contribution in [-0.4, -0.2) is 61.5 Å². The van der Waals surface area contributed by atoms with Crippen LogP contribution in [0.25, 0.3) is 0 Å². The normalized spacial score (nSPS) is 12.8. The molecule has 0 saturated carbocycles. The number of carbonyl (C=O) groups excluding carboxylic acids is 1. The number of hydrogen-bond acceptors (Lipinski definition) is 5. The molecule has 1 unspecified atom stereocenters. The molecule has 0 aliphatic carbocycles. The highest BCUT2D eigenvalue weighted by Crippen LogP contribution is 1.99. The molecule has 0 bridgehead atoms. The maximum Gasteiger partial charge on any atom is 0.308 e. The maximum absolute atomic E-state index is 11.2. The van der Waals surface area contributed by atoms with E-state index >= 15 is 0 Å². The molecule has 17 heavy (non-hydrogen) atoms. The summed E-state index contributed by atoms with van der Waals surface area (Å²) in [6.07, 6.45) is -0.616. The molecule has 1 atom stereocenters. The van der Waals surface area contributed by atoms with Gasteiger partial charge in [0, 0.05) is 19.7 Å². The fraction of sp³-hybridized carbons (Fsp3) is 0.917. The second-order valence-electron chi connectivity index (χ2n) is 3.75. The van der Waals surface area contributed by atoms with Crippen LogP contribution >= 0.6 is 0 Å². The van der Waals surface area contributed by atoms with Gasteiger partial charge in [-0.3, -0.25) is 9.69 Å². The summed E-state index contributed by atoms with van der Waals surface area (Å²) >= 11 is 0. The lowest BCUT2D eigenvalue weighted by molar-refractivity contribution is -0.145. The minimum absolute atomic E-state index is 0.0545. The van der Waals surface area contributed by atoms with Gasteiger partial charge in [-0.15, -0.1) is 0 Å². The first-order chi connectivity index (χ1) is 8.13. The zero-order valence-electron chi connectivity index (χ0n) is 11.1. The minimum Gasteiger partial charge on any atom is -0.466 e. The van der Waals surface area contributed by atoms with Gasteiger partial charge in [-0.05, 0) is 20.4 Å². The predicted octanol–water partition coefficient (Wildman–Crippen LogP) is 0.659. The van der Waals surface area contributed by atoms with Crippen molar-refractivity contribution < 1.29 is 19.4 Å². The number of likely N-dealkylation sites (N-methyl/N-ethyl adjacent to an activating group) is 1. The van der Waals surface area contributed by atoms with Gasteiger partial charge in [-0.1, -0.05) is 6.92 Å². The van der Waals surface area contributed by atoms with Crippen LogP contribution in [0.5, 0.6) is 0 Å². The van der Waals surface area contributed by atoms with E-state index in [1.54, 1.807) is 6.92 Å². The van der Waals surface area contributed by atoms with E-state index < -0.39 is 6.10 Å². The number of hydrogen-bond donors (Lipinski definition) is 1. The molecule has 0 aliphatic rings. The Hall–Kier alpha value is -0.650. The predicted molar refractivity (Wildman–Crippen MR) is 65.9 cm³/mol. The van der Waals surface area contributed by atoms with Crippen molar-refractivity contribution in [2.75, 3.05) is 39.5 Å². The van der Waals surface area contributed by atoms with Gasteiger partial charge < -0.3 is 14.6 Å². The van der Waals surface area contributed by atoms with Crippen LogP contribution in [0.4, 0.5) is 0 Å². The lowest BCUT2D eigenvalue weighted by atomic mass is 10.2. The third kappa shape index (κ3) is 9.09. The standard InChI is InChI=1S/C12H25NO4/c1-4-13(7-8-16-5-2)10-11(14)9-12(15)17-6-3/h11,14H,4-10H2,1-3H3. The van der Waals surface area contributed by atoms with Gasteiger partial charge >= 0.3 is 5.97 Å². The molecule has 0 aromatic carbocycles. The fourth-order valence-corrected chi connectivity index (χ4v) is 1.49. The van der Waals surface area contributed by atoms with Crippen LogP contribution in [0.2, 0.25) is 0 Å². The molecule has 0 aliphatic heterocycles. The Bertz CT molecular complexity index is 199. The number of rotatable bonds is 10. The van der Waals surface area contributed by atoms with Crippen LogP contribution in [0.1, 0.15) is 27.2 Å². The van der Waals surface area contributed by atoms with Crippen molar-refractivity contribution >= 4 is 5.97 Å². The van der Waals surface area contributed by atoms with Gasteiger partial charge in [0.1, 0.15) is 0 Å². The Kier molecular flexibility index (Phi) is 10.1. The van der Waals surface area contributed by atoms with Gasteiger partial charge in [-0.25, -0.2) is 0 Å². The van der Waals surface area contributed by atoms with Crippen molar-refractivity contribution in [2.24, 2.45) is 0 Å². The largest absolute Gasteiger partial charge is 0.466 e. The molecule has 0 heterocycles. The zero-order chi connectivity index (χ0) is 13.1. The molecular weight excluding hydrogens is 222 g/mol. The van der Waals surface area contributed by atoms with E-state index in [0.29, 0.717) is 26.4 Å². The van der Waals surface area contributed by atoms with E-state index in [9.17, 15) is 9.90 Å². The molecule has 1 N–H and O–H groups in total. The average Bonchev–Trinajstić information content (AvgIpc) is 2.28. The first kappa shape index (κ1) is 16.4. The highest BCUT2D eigenvalue weighted by molar-refractivity contribution is 5.69. The number of nitrogens with zero attached hydrogens (tertiary/aromatic N) is 1. The molecular formula is C12H25NO4. The van der Waals surface area contributed by atoms with Crippen molar-refractivity contribution in [3.63, 3.8) is 0 Å². The van der Waals surface area contributed by atoms with Crippen molar-refractivity contribution in [1.29, 1.82) is 0 Å². The summed E-state index contributed by atoms with van der Waals surface area (Å²) in [5.74, 6) is -0.346. The fourth-order valence-electron chi connectivity index (χ4n) is 1.49. The van der Waals surface area contributed by atoms with Crippen LogP contribution in [-0.2, 0) is 14.3 Å². The summed E-state index contributed by atoms with van der Waals surface area (Å²) < 4.78 is 10.0. The smallest absolute Gasteiger partial charge is 0.308 e. The van der Waals surface area contributed by atoms with Crippen LogP contribution in [0, 0.1) is 0 Å². The van der Waals surface area contributed by atoms with Crippen molar-refractivity contribution in [1.82, 2.24) is 4.90 Å². The van der Waals surface area contributed by atoms with Crippen molar-refractivity contribution in [3.8, 4) is 0 Å². The highest BCUT2D eigenvalue weighted by Gasteiger charge is 2.14. The van der Waals surface area contributed by atoms with Crippen LogP contribution < -0.4 is 0 Å². The number of carbonyl (C=O) groups is 1. The Labute approximate surface area is 104 Å². The summed E-state index contributed by atoms with van der Waals surface area (Å²) in [5, 5.41) is 9.72. The molecule has 0 aromatic rings. The summed E-state index contributed by atoms with van der Waals surface area (Å²) in [6, 6.07) is 0. The monoisotopic (exact) mass is 247 g/mol. The van der Waals surface area contributed by atoms with Crippen LogP contribution in [0.3, 0.4) is 0 Å². The number of ether oxygens (including phenoxy) is 2. The van der Waals surface area contributed by atoms with Crippen molar-refractivity contribution in [3.05, 3.63) is 0 Å². The van der Waals surface area contributed by atoms with E-state index in [0.717, 1.165) is 13.1 Å². The maximum atomic E-state index is 11.2. The third-order valence-corrected chi connectivity index (χ3v) is 2.38. The third-order valence-electron chi connectivity index (χ3n) is 2.38. The second-order valence-corrected chi connectivity index (χ2v) is 3.75. The average molecular weight is 247 g/mol. The molecule has 0 aromatic heterocycles. The number of esters is 1. The first-order valence-corrected chi connectivity index (χ1v) is 6.27. The molecule has 5 nitrogen and oxygen atoms in total. The van der Waals surface area contributed by atoms with Gasteiger partial charge in [0.25, 0.3) is 0 Å². The van der Waals surface area contributed by atoms with Gasteiger partial charge in [0.05, 0.1) is 25.7 Å². The number of aliphatic hydroxyl groups excluding tert-OH is 1. The molecule has 0 saturated heterocycles. The summed E-state index contributed by atoms with van der Waals surface area (Å²) in [4.78, 5) is 13.2. The Morgan fingerprint density at radius 1 is 1.29 bits per heavy atom. The topological polar surface area (TPSA) is 59.0 Å².